The lowest BCUT2D eigenvalue weighted by Gasteiger charge is -2.15. The fourth-order valence-corrected chi connectivity index (χ4v) is 2.87. The van der Waals surface area contributed by atoms with E-state index >= 15 is 0 Å². The zero-order valence-electron chi connectivity index (χ0n) is 14.4. The van der Waals surface area contributed by atoms with Crippen molar-refractivity contribution < 1.29 is 14.3 Å². The monoisotopic (exact) mass is 306 g/mol. The van der Waals surface area contributed by atoms with Crippen LogP contribution in [0.25, 0.3) is 0 Å². The second-order valence-corrected chi connectivity index (χ2v) is 6.13. The second-order valence-electron chi connectivity index (χ2n) is 6.13. The van der Waals surface area contributed by atoms with Crippen LogP contribution in [-0.4, -0.2) is 11.1 Å². The van der Waals surface area contributed by atoms with Gasteiger partial charge in [-0.15, -0.1) is 0 Å². The van der Waals surface area contributed by atoms with Gasteiger partial charge in [-0.1, -0.05) is 39.8 Å². The Balaban J connectivity index is 2.67. The molecule has 0 aliphatic rings. The SMILES string of the molecule is CC/C=C\[C@H](CC)C[C@@H](C)Cc1cc(CC)c(CC(=O)O)o1. The van der Waals surface area contributed by atoms with Crippen LogP contribution in [-0.2, 0) is 24.1 Å². The Kier molecular flexibility index (Phi) is 8.00. The van der Waals surface area contributed by atoms with Gasteiger partial charge in [-0.25, -0.2) is 0 Å². The molecule has 0 saturated carbocycles. The molecule has 124 valence electrons. The maximum Gasteiger partial charge on any atom is 0.311 e. The van der Waals surface area contributed by atoms with Crippen molar-refractivity contribution in [3.05, 3.63) is 35.3 Å². The average Bonchev–Trinajstić information content (AvgIpc) is 2.83. The molecule has 1 heterocycles. The number of carboxylic acids is 1. The molecule has 0 radical (unpaired) electrons. The van der Waals surface area contributed by atoms with Gasteiger partial charge in [0.1, 0.15) is 17.9 Å². The third-order valence-electron chi connectivity index (χ3n) is 4.06. The Morgan fingerprint density at radius 1 is 1.36 bits per heavy atom. The van der Waals surface area contributed by atoms with E-state index in [0.717, 1.165) is 43.4 Å². The fraction of sp³-hybridized carbons (Fsp3) is 0.632. The minimum atomic E-state index is -0.834. The van der Waals surface area contributed by atoms with Gasteiger partial charge in [0.2, 0.25) is 0 Å². The van der Waals surface area contributed by atoms with Gasteiger partial charge in [-0.3, -0.25) is 4.79 Å². The van der Waals surface area contributed by atoms with E-state index < -0.39 is 5.97 Å². The number of aliphatic carboxylic acids is 1. The lowest BCUT2D eigenvalue weighted by Crippen LogP contribution is -2.06. The molecule has 0 fully saturated rings. The minimum Gasteiger partial charge on any atom is -0.481 e. The molecule has 3 nitrogen and oxygen atoms in total. The van der Waals surface area contributed by atoms with Crippen molar-refractivity contribution in [2.75, 3.05) is 0 Å². The van der Waals surface area contributed by atoms with Crippen molar-refractivity contribution in [2.24, 2.45) is 11.8 Å². The second kappa shape index (κ2) is 9.50. The number of carboxylic acid groups (broad SMARTS) is 1. The molecule has 22 heavy (non-hydrogen) atoms. The molecule has 1 aromatic heterocycles. The first kappa shape index (κ1) is 18.5. The van der Waals surface area contributed by atoms with Crippen molar-refractivity contribution in [2.45, 2.75) is 66.2 Å². The zero-order chi connectivity index (χ0) is 16.5. The quantitative estimate of drug-likeness (QED) is 0.617. The van der Waals surface area contributed by atoms with Gasteiger partial charge in [-0.05, 0) is 49.1 Å². The molecule has 2 atom stereocenters. The smallest absolute Gasteiger partial charge is 0.311 e. The topological polar surface area (TPSA) is 50.4 Å². The molecule has 0 aliphatic heterocycles. The standard InChI is InChI=1S/C19H30O3/c1-5-8-9-15(6-2)10-14(4)11-17-12-16(7-3)18(22-17)13-19(20)21/h8-9,12,14-15H,5-7,10-11,13H2,1-4H3,(H,20,21)/b9-8-/t14-,15+/m1/s1. The number of furan rings is 1. The van der Waals surface area contributed by atoms with Gasteiger partial charge in [0.25, 0.3) is 0 Å². The molecule has 0 saturated heterocycles. The molecule has 0 aromatic carbocycles. The third kappa shape index (κ3) is 6.08. The van der Waals surface area contributed by atoms with Crippen LogP contribution in [0.2, 0.25) is 0 Å². The average molecular weight is 306 g/mol. The Morgan fingerprint density at radius 3 is 2.64 bits per heavy atom. The summed E-state index contributed by atoms with van der Waals surface area (Å²) in [4.78, 5) is 10.9. The Labute approximate surface area is 134 Å². The van der Waals surface area contributed by atoms with Crippen LogP contribution in [0.15, 0.2) is 22.6 Å². The summed E-state index contributed by atoms with van der Waals surface area (Å²) in [5.74, 6) is 1.86. The van der Waals surface area contributed by atoms with E-state index in [9.17, 15) is 4.79 Å². The highest BCUT2D eigenvalue weighted by Crippen LogP contribution is 2.24. The van der Waals surface area contributed by atoms with E-state index in [1.807, 2.05) is 13.0 Å². The molecule has 1 N–H and O–H groups in total. The van der Waals surface area contributed by atoms with Crippen LogP contribution in [0.3, 0.4) is 0 Å². The van der Waals surface area contributed by atoms with Gasteiger partial charge in [-0.2, -0.15) is 0 Å². The molecule has 1 aromatic rings. The molecule has 0 bridgehead atoms. The van der Waals surface area contributed by atoms with E-state index in [2.05, 4.69) is 32.9 Å². The zero-order valence-corrected chi connectivity index (χ0v) is 14.4. The van der Waals surface area contributed by atoms with E-state index in [1.54, 1.807) is 0 Å². The predicted octanol–water partition coefficient (Wildman–Crippen LogP) is 5.03. The highest BCUT2D eigenvalue weighted by Gasteiger charge is 2.16. The first-order chi connectivity index (χ1) is 10.5. The highest BCUT2D eigenvalue weighted by atomic mass is 16.4. The number of aryl methyl sites for hydroxylation is 1. The summed E-state index contributed by atoms with van der Waals surface area (Å²) in [6.45, 7) is 8.66. The summed E-state index contributed by atoms with van der Waals surface area (Å²) in [5, 5.41) is 8.94. The van der Waals surface area contributed by atoms with Crippen molar-refractivity contribution in [3.63, 3.8) is 0 Å². The van der Waals surface area contributed by atoms with Crippen molar-refractivity contribution in [3.8, 4) is 0 Å². The summed E-state index contributed by atoms with van der Waals surface area (Å²) in [6, 6.07) is 2.04. The largest absolute Gasteiger partial charge is 0.481 e. The molecule has 0 amide bonds. The number of hydrogen-bond acceptors (Lipinski definition) is 2. The maximum absolute atomic E-state index is 10.9. The third-order valence-corrected chi connectivity index (χ3v) is 4.06. The van der Waals surface area contributed by atoms with Gasteiger partial charge < -0.3 is 9.52 Å². The minimum absolute atomic E-state index is 0.0195. The molecule has 1 rings (SSSR count). The first-order valence-corrected chi connectivity index (χ1v) is 8.48. The summed E-state index contributed by atoms with van der Waals surface area (Å²) in [5.41, 5.74) is 1.03. The van der Waals surface area contributed by atoms with Crippen LogP contribution in [0.1, 0.15) is 64.0 Å². The lowest BCUT2D eigenvalue weighted by molar-refractivity contribution is -0.136. The van der Waals surface area contributed by atoms with Gasteiger partial charge >= 0.3 is 5.97 Å². The van der Waals surface area contributed by atoms with E-state index in [1.165, 1.54) is 0 Å². The van der Waals surface area contributed by atoms with Crippen LogP contribution in [0.4, 0.5) is 0 Å². The fourth-order valence-electron chi connectivity index (χ4n) is 2.87. The van der Waals surface area contributed by atoms with E-state index in [-0.39, 0.29) is 6.42 Å². The van der Waals surface area contributed by atoms with Gasteiger partial charge in [0.05, 0.1) is 0 Å². The van der Waals surface area contributed by atoms with Crippen LogP contribution in [0.5, 0.6) is 0 Å². The number of allylic oxidation sites excluding steroid dienone is 2. The summed E-state index contributed by atoms with van der Waals surface area (Å²) in [7, 11) is 0. The van der Waals surface area contributed by atoms with Gasteiger partial charge in [0, 0.05) is 6.42 Å². The molecule has 0 aliphatic carbocycles. The number of rotatable bonds is 10. The Morgan fingerprint density at radius 2 is 2.09 bits per heavy atom. The number of carbonyl (C=O) groups is 1. The summed E-state index contributed by atoms with van der Waals surface area (Å²) < 4.78 is 5.78. The normalized spacial score (nSPS) is 14.4. The van der Waals surface area contributed by atoms with Crippen molar-refractivity contribution in [1.29, 1.82) is 0 Å². The predicted molar refractivity (Wildman–Crippen MR) is 90.1 cm³/mol. The number of hydrogen-bond donors (Lipinski definition) is 1. The van der Waals surface area contributed by atoms with Gasteiger partial charge in [0.15, 0.2) is 0 Å². The van der Waals surface area contributed by atoms with E-state index in [0.29, 0.717) is 17.6 Å². The van der Waals surface area contributed by atoms with Crippen LogP contribution >= 0.6 is 0 Å². The highest BCUT2D eigenvalue weighted by molar-refractivity contribution is 5.69. The van der Waals surface area contributed by atoms with Crippen molar-refractivity contribution >= 4 is 5.97 Å². The summed E-state index contributed by atoms with van der Waals surface area (Å²) in [6.07, 6.45) is 9.63. The molecular weight excluding hydrogens is 276 g/mol. The maximum atomic E-state index is 10.9. The molecule has 0 spiro atoms. The Bertz CT molecular complexity index is 485. The van der Waals surface area contributed by atoms with Crippen LogP contribution in [0, 0.1) is 11.8 Å². The van der Waals surface area contributed by atoms with Crippen LogP contribution < -0.4 is 0 Å². The first-order valence-electron chi connectivity index (χ1n) is 8.48. The van der Waals surface area contributed by atoms with E-state index in [4.69, 9.17) is 9.52 Å². The lowest BCUT2D eigenvalue weighted by atomic mass is 9.90. The Hall–Kier alpha value is -1.51. The molecule has 0 unspecified atom stereocenters. The van der Waals surface area contributed by atoms with Crippen molar-refractivity contribution in [1.82, 2.24) is 0 Å². The summed E-state index contributed by atoms with van der Waals surface area (Å²) >= 11 is 0. The molecular formula is C19H30O3. The molecule has 3 heteroatoms.